The molecule has 3 fully saturated rings. The van der Waals surface area contributed by atoms with E-state index in [1.54, 1.807) is 0 Å². The Morgan fingerprint density at radius 1 is 1.18 bits per heavy atom. The fourth-order valence-electron chi connectivity index (χ4n) is 6.01. The SMILES string of the molecule is COC1C2CCCC(C)(C)C23CC(C)C1(C)C3. The van der Waals surface area contributed by atoms with Crippen molar-refractivity contribution < 1.29 is 4.74 Å². The molecule has 1 spiro atoms. The highest BCUT2D eigenvalue weighted by Crippen LogP contribution is 2.75. The van der Waals surface area contributed by atoms with Gasteiger partial charge in [-0.05, 0) is 53.8 Å². The van der Waals surface area contributed by atoms with E-state index in [9.17, 15) is 0 Å². The molecule has 0 N–H and O–H groups in total. The quantitative estimate of drug-likeness (QED) is 0.661. The van der Waals surface area contributed by atoms with Gasteiger partial charge < -0.3 is 4.74 Å². The summed E-state index contributed by atoms with van der Waals surface area (Å²) in [5.41, 5.74) is 1.55. The van der Waals surface area contributed by atoms with Crippen LogP contribution in [0.1, 0.15) is 59.8 Å². The zero-order valence-electron chi connectivity index (χ0n) is 12.2. The zero-order valence-corrected chi connectivity index (χ0v) is 12.2. The van der Waals surface area contributed by atoms with Gasteiger partial charge in [-0.25, -0.2) is 0 Å². The fourth-order valence-corrected chi connectivity index (χ4v) is 6.01. The van der Waals surface area contributed by atoms with E-state index < -0.39 is 0 Å². The van der Waals surface area contributed by atoms with Crippen LogP contribution in [0.5, 0.6) is 0 Å². The fraction of sp³-hybridized carbons (Fsp3) is 1.00. The molecule has 3 aliphatic rings. The highest BCUT2D eigenvalue weighted by Gasteiger charge is 2.71. The van der Waals surface area contributed by atoms with Crippen molar-refractivity contribution in [3.63, 3.8) is 0 Å². The molecule has 0 aromatic rings. The van der Waals surface area contributed by atoms with Gasteiger partial charge in [0.15, 0.2) is 0 Å². The molecule has 1 heteroatoms. The molecule has 0 saturated heterocycles. The van der Waals surface area contributed by atoms with E-state index in [1.807, 2.05) is 7.11 Å². The molecule has 3 saturated carbocycles. The molecule has 2 bridgehead atoms. The van der Waals surface area contributed by atoms with Gasteiger partial charge in [-0.2, -0.15) is 0 Å². The van der Waals surface area contributed by atoms with Crippen molar-refractivity contribution >= 4 is 0 Å². The van der Waals surface area contributed by atoms with Crippen molar-refractivity contribution in [2.24, 2.45) is 28.1 Å². The third-order valence-electron chi connectivity index (χ3n) is 7.14. The van der Waals surface area contributed by atoms with Crippen LogP contribution in [0.4, 0.5) is 0 Å². The minimum atomic E-state index is 0.445. The van der Waals surface area contributed by atoms with E-state index in [-0.39, 0.29) is 0 Å². The summed E-state index contributed by atoms with van der Waals surface area (Å²) in [6.07, 6.45) is 7.61. The number of methoxy groups -OCH3 is 1. The van der Waals surface area contributed by atoms with Gasteiger partial charge in [-0.3, -0.25) is 0 Å². The minimum absolute atomic E-state index is 0.445. The average Bonchev–Trinajstić information content (AvgIpc) is 2.64. The van der Waals surface area contributed by atoms with Gasteiger partial charge in [-0.15, -0.1) is 0 Å². The van der Waals surface area contributed by atoms with E-state index >= 15 is 0 Å². The van der Waals surface area contributed by atoms with Gasteiger partial charge in [0.25, 0.3) is 0 Å². The van der Waals surface area contributed by atoms with Gasteiger partial charge in [0.2, 0.25) is 0 Å². The minimum Gasteiger partial charge on any atom is -0.381 e. The molecule has 17 heavy (non-hydrogen) atoms. The summed E-state index contributed by atoms with van der Waals surface area (Å²) in [6, 6.07) is 0. The van der Waals surface area contributed by atoms with Crippen LogP contribution in [-0.2, 0) is 4.74 Å². The van der Waals surface area contributed by atoms with Crippen molar-refractivity contribution in [2.45, 2.75) is 65.9 Å². The summed E-state index contributed by atoms with van der Waals surface area (Å²) < 4.78 is 5.98. The van der Waals surface area contributed by atoms with Crippen LogP contribution in [-0.4, -0.2) is 13.2 Å². The third-order valence-corrected chi connectivity index (χ3v) is 7.14. The number of hydrogen-bond acceptors (Lipinski definition) is 1. The van der Waals surface area contributed by atoms with Gasteiger partial charge in [0, 0.05) is 7.11 Å². The standard InChI is InChI=1S/C16H28O/c1-11-9-16-10-15(11,4)13(17-5)12(16)7-6-8-14(16,2)3/h11-13H,6-10H2,1-5H3. The highest BCUT2D eigenvalue weighted by molar-refractivity contribution is 5.20. The normalized spacial score (nSPS) is 55.9. The Bertz CT molecular complexity index is 334. The number of fused-ring (bicyclic) bond motifs is 1. The van der Waals surface area contributed by atoms with Crippen LogP contribution in [0.15, 0.2) is 0 Å². The number of hydrogen-bond donors (Lipinski definition) is 0. The third kappa shape index (κ3) is 1.20. The van der Waals surface area contributed by atoms with Crippen LogP contribution in [0, 0.1) is 28.1 Å². The molecular formula is C16H28O. The molecule has 0 aromatic heterocycles. The average molecular weight is 236 g/mol. The lowest BCUT2D eigenvalue weighted by molar-refractivity contribution is -0.112. The van der Waals surface area contributed by atoms with E-state index in [4.69, 9.17) is 4.74 Å². The molecule has 98 valence electrons. The van der Waals surface area contributed by atoms with Crippen LogP contribution in [0.3, 0.4) is 0 Å². The summed E-state index contributed by atoms with van der Waals surface area (Å²) in [5.74, 6) is 1.67. The van der Waals surface area contributed by atoms with Gasteiger partial charge >= 0.3 is 0 Å². The maximum Gasteiger partial charge on any atom is 0.0661 e. The van der Waals surface area contributed by atoms with E-state index in [0.717, 1.165) is 11.8 Å². The molecule has 0 amide bonds. The van der Waals surface area contributed by atoms with Crippen LogP contribution in [0.25, 0.3) is 0 Å². The molecule has 1 nitrogen and oxygen atoms in total. The first-order valence-corrected chi connectivity index (χ1v) is 7.40. The Morgan fingerprint density at radius 2 is 1.88 bits per heavy atom. The first kappa shape index (κ1) is 12.0. The Balaban J connectivity index is 2.08. The highest BCUT2D eigenvalue weighted by atomic mass is 16.5. The summed E-state index contributed by atoms with van der Waals surface area (Å²) >= 11 is 0. The maximum atomic E-state index is 5.98. The molecular weight excluding hydrogens is 208 g/mol. The Hall–Kier alpha value is -0.0400. The summed E-state index contributed by atoms with van der Waals surface area (Å²) in [7, 11) is 1.94. The molecule has 0 radical (unpaired) electrons. The van der Waals surface area contributed by atoms with Gasteiger partial charge in [0.1, 0.15) is 0 Å². The molecule has 0 heterocycles. The molecule has 3 aliphatic carbocycles. The molecule has 3 rings (SSSR count). The second kappa shape index (κ2) is 3.29. The number of rotatable bonds is 1. The summed E-state index contributed by atoms with van der Waals surface area (Å²) in [4.78, 5) is 0. The molecule has 0 aliphatic heterocycles. The second-order valence-electron chi connectivity index (χ2n) is 7.98. The first-order chi connectivity index (χ1) is 7.87. The van der Waals surface area contributed by atoms with Crippen molar-refractivity contribution in [1.29, 1.82) is 0 Å². The Kier molecular flexibility index (Phi) is 2.32. The molecule has 5 atom stereocenters. The van der Waals surface area contributed by atoms with Crippen LogP contribution in [0.2, 0.25) is 0 Å². The van der Waals surface area contributed by atoms with E-state index in [0.29, 0.717) is 22.3 Å². The molecule has 5 unspecified atom stereocenters. The number of ether oxygens (including phenoxy) is 1. The van der Waals surface area contributed by atoms with Crippen molar-refractivity contribution in [3.05, 3.63) is 0 Å². The van der Waals surface area contributed by atoms with Crippen LogP contribution >= 0.6 is 0 Å². The summed E-state index contributed by atoms with van der Waals surface area (Å²) in [5, 5.41) is 0. The predicted molar refractivity (Wildman–Crippen MR) is 70.9 cm³/mol. The van der Waals surface area contributed by atoms with Crippen LogP contribution < -0.4 is 0 Å². The monoisotopic (exact) mass is 236 g/mol. The largest absolute Gasteiger partial charge is 0.381 e. The lowest BCUT2D eigenvalue weighted by Crippen LogP contribution is -2.50. The van der Waals surface area contributed by atoms with E-state index in [1.165, 1.54) is 32.1 Å². The van der Waals surface area contributed by atoms with Gasteiger partial charge in [0.05, 0.1) is 6.10 Å². The summed E-state index contributed by atoms with van der Waals surface area (Å²) in [6.45, 7) is 10.0. The van der Waals surface area contributed by atoms with Gasteiger partial charge in [-0.1, -0.05) is 34.1 Å². The zero-order chi connectivity index (χ0) is 12.5. The predicted octanol–water partition coefficient (Wildman–Crippen LogP) is 4.26. The van der Waals surface area contributed by atoms with E-state index in [2.05, 4.69) is 27.7 Å². The first-order valence-electron chi connectivity index (χ1n) is 7.40. The second-order valence-corrected chi connectivity index (χ2v) is 7.98. The topological polar surface area (TPSA) is 9.23 Å². The Labute approximate surface area is 106 Å². The van der Waals surface area contributed by atoms with Crippen molar-refractivity contribution in [3.8, 4) is 0 Å². The lowest BCUT2D eigenvalue weighted by Gasteiger charge is -2.54. The lowest BCUT2D eigenvalue weighted by atomic mass is 9.51. The Morgan fingerprint density at radius 3 is 2.53 bits per heavy atom. The van der Waals surface area contributed by atoms with Crippen molar-refractivity contribution in [1.82, 2.24) is 0 Å². The molecule has 0 aromatic carbocycles. The smallest absolute Gasteiger partial charge is 0.0661 e. The maximum absolute atomic E-state index is 5.98. The van der Waals surface area contributed by atoms with Crippen molar-refractivity contribution in [2.75, 3.05) is 7.11 Å².